The molecule has 0 bridgehead atoms. The van der Waals surface area contributed by atoms with Crippen molar-refractivity contribution in [2.45, 2.75) is 58.3 Å². The molecule has 3 N–H and O–H groups in total. The van der Waals surface area contributed by atoms with Gasteiger partial charge in [0, 0.05) is 5.41 Å². The average molecular weight is 297 g/mol. The summed E-state index contributed by atoms with van der Waals surface area (Å²) in [6.07, 6.45) is 7.79. The Morgan fingerprint density at radius 3 is 3.00 bits per heavy atom. The molecule has 1 aromatic carbocycles. The monoisotopic (exact) mass is 297 g/mol. The Morgan fingerprint density at radius 2 is 2.27 bits per heavy atom. The molecule has 1 saturated carbocycles. The van der Waals surface area contributed by atoms with Gasteiger partial charge in [-0.1, -0.05) is 32.4 Å². The molecule has 1 aliphatic rings. The number of nitrogens with two attached hydrogens (primary N) is 1. The summed E-state index contributed by atoms with van der Waals surface area (Å²) in [6, 6.07) is 6.55. The van der Waals surface area contributed by atoms with Gasteiger partial charge in [-0.2, -0.15) is 0 Å². The predicted molar refractivity (Wildman–Crippen MR) is 92.7 cm³/mol. The molecule has 0 radical (unpaired) electrons. The van der Waals surface area contributed by atoms with Crippen LogP contribution in [0, 0.1) is 12.8 Å². The Balaban J connectivity index is 2.29. The highest BCUT2D eigenvalue weighted by molar-refractivity contribution is 5.81. The van der Waals surface area contributed by atoms with E-state index in [1.165, 1.54) is 24.0 Å². The Hall–Kier alpha value is -1.77. The minimum absolute atomic E-state index is 0.0445. The van der Waals surface area contributed by atoms with Gasteiger partial charge in [-0.05, 0) is 61.9 Å². The van der Waals surface area contributed by atoms with Crippen LogP contribution in [0.1, 0.15) is 57.3 Å². The third-order valence-electron chi connectivity index (χ3n) is 5.45. The van der Waals surface area contributed by atoms with Crippen LogP contribution in [0.15, 0.2) is 30.0 Å². The van der Waals surface area contributed by atoms with Crippen LogP contribution in [0.5, 0.6) is 0 Å². The lowest BCUT2D eigenvalue weighted by molar-refractivity contribution is 0.253. The zero-order valence-corrected chi connectivity index (χ0v) is 13.9. The van der Waals surface area contributed by atoms with Crippen LogP contribution in [0.25, 0.3) is 11.0 Å². The van der Waals surface area contributed by atoms with Crippen molar-refractivity contribution in [3.63, 3.8) is 0 Å². The van der Waals surface area contributed by atoms with Crippen molar-refractivity contribution in [2.24, 2.45) is 11.7 Å². The van der Waals surface area contributed by atoms with E-state index in [-0.39, 0.29) is 5.41 Å². The zero-order valence-electron chi connectivity index (χ0n) is 13.9. The van der Waals surface area contributed by atoms with Crippen molar-refractivity contribution in [2.75, 3.05) is 0 Å². The number of H-pyrrole nitrogens is 1. The molecule has 22 heavy (non-hydrogen) atoms. The molecule has 2 aromatic rings. The molecule has 0 saturated heterocycles. The Morgan fingerprint density at radius 1 is 1.45 bits per heavy atom. The number of aromatic amines is 1. The first-order valence-electron chi connectivity index (χ1n) is 8.50. The van der Waals surface area contributed by atoms with Gasteiger partial charge in [0.25, 0.3) is 0 Å². The van der Waals surface area contributed by atoms with Crippen molar-refractivity contribution < 1.29 is 0 Å². The molecule has 0 spiro atoms. The second-order valence-corrected chi connectivity index (χ2v) is 6.73. The highest BCUT2D eigenvalue weighted by atomic mass is 14.9. The van der Waals surface area contributed by atoms with Crippen LogP contribution >= 0.6 is 0 Å². The Bertz CT molecular complexity index is 698. The maximum Gasteiger partial charge on any atom is 0.104 e. The lowest BCUT2D eigenvalue weighted by atomic mass is 9.58. The van der Waals surface area contributed by atoms with Gasteiger partial charge in [0.15, 0.2) is 0 Å². The lowest BCUT2D eigenvalue weighted by Crippen LogP contribution is -2.39. The summed E-state index contributed by atoms with van der Waals surface area (Å²) in [5.74, 6) is 1.58. The number of nitrogens with one attached hydrogen (secondary N) is 1. The van der Waals surface area contributed by atoms with Crippen molar-refractivity contribution in [1.29, 1.82) is 0 Å². The molecular formula is C19H27N3. The van der Waals surface area contributed by atoms with E-state index in [0.717, 1.165) is 36.1 Å². The molecule has 3 rings (SSSR count). The molecule has 0 amide bonds. The van der Waals surface area contributed by atoms with Crippen molar-refractivity contribution in [3.05, 3.63) is 41.4 Å². The van der Waals surface area contributed by atoms with Crippen LogP contribution < -0.4 is 5.73 Å². The maximum absolute atomic E-state index is 6.07. The van der Waals surface area contributed by atoms with Crippen LogP contribution in [0.4, 0.5) is 0 Å². The van der Waals surface area contributed by atoms with Crippen LogP contribution in [-0.2, 0) is 5.41 Å². The van der Waals surface area contributed by atoms with Crippen molar-refractivity contribution >= 4 is 11.0 Å². The first kappa shape index (κ1) is 15.1. The fourth-order valence-electron chi connectivity index (χ4n) is 4.51. The number of imidazole rings is 1. The quantitative estimate of drug-likeness (QED) is 0.871. The van der Waals surface area contributed by atoms with Gasteiger partial charge in [-0.15, -0.1) is 0 Å². The third-order valence-corrected chi connectivity index (χ3v) is 5.45. The largest absolute Gasteiger partial charge is 0.405 e. The molecule has 1 heterocycles. The smallest absolute Gasteiger partial charge is 0.104 e. The fraction of sp³-hybridized carbons (Fsp3) is 0.526. The summed E-state index contributed by atoms with van der Waals surface area (Å²) >= 11 is 0. The van der Waals surface area contributed by atoms with Gasteiger partial charge in [0.1, 0.15) is 5.82 Å². The third kappa shape index (κ3) is 2.15. The molecule has 2 unspecified atom stereocenters. The number of aryl methyl sites for hydroxylation is 1. The van der Waals surface area contributed by atoms with Gasteiger partial charge in [0.2, 0.25) is 0 Å². The molecule has 1 aliphatic carbocycles. The van der Waals surface area contributed by atoms with Gasteiger partial charge in [-0.25, -0.2) is 4.98 Å². The van der Waals surface area contributed by atoms with Crippen LogP contribution in [-0.4, -0.2) is 9.97 Å². The average Bonchev–Trinajstić information content (AvgIpc) is 2.89. The molecular weight excluding hydrogens is 270 g/mol. The molecule has 118 valence electrons. The van der Waals surface area contributed by atoms with Gasteiger partial charge in [0.05, 0.1) is 11.0 Å². The molecule has 1 aromatic heterocycles. The number of hydrogen-bond acceptors (Lipinski definition) is 2. The Kier molecular flexibility index (Phi) is 3.98. The van der Waals surface area contributed by atoms with E-state index in [1.807, 2.05) is 13.1 Å². The number of aromatic nitrogens is 2. The van der Waals surface area contributed by atoms with Crippen molar-refractivity contribution in [3.8, 4) is 0 Å². The van der Waals surface area contributed by atoms with E-state index < -0.39 is 0 Å². The maximum atomic E-state index is 6.07. The predicted octanol–water partition coefficient (Wildman–Crippen LogP) is 4.57. The number of benzene rings is 1. The fourth-order valence-corrected chi connectivity index (χ4v) is 4.51. The topological polar surface area (TPSA) is 54.7 Å². The van der Waals surface area contributed by atoms with E-state index in [9.17, 15) is 0 Å². The first-order chi connectivity index (χ1) is 10.6. The number of hydrogen-bond donors (Lipinski definition) is 2. The second kappa shape index (κ2) is 5.79. The summed E-state index contributed by atoms with van der Waals surface area (Å²) in [4.78, 5) is 8.18. The molecule has 0 aliphatic heterocycles. The SMILES string of the molecule is CCCC1(c2cccc3[nH]c(C)nc23)/C(=C/N)CCCC1C. The van der Waals surface area contributed by atoms with E-state index in [0.29, 0.717) is 5.92 Å². The summed E-state index contributed by atoms with van der Waals surface area (Å²) < 4.78 is 0. The summed E-state index contributed by atoms with van der Waals surface area (Å²) in [6.45, 7) is 6.68. The van der Waals surface area contributed by atoms with E-state index in [1.54, 1.807) is 0 Å². The standard InChI is InChI=1S/C19H27N3/c1-4-11-19(13(2)7-5-8-15(19)12-20)16-9-6-10-17-18(16)22-14(3)21-17/h6,9-10,12-13H,4-5,7-8,11,20H2,1-3H3,(H,21,22)/b15-12+. The van der Waals surface area contributed by atoms with Crippen LogP contribution in [0.3, 0.4) is 0 Å². The number of para-hydroxylation sites is 1. The van der Waals surface area contributed by atoms with Crippen LogP contribution in [0.2, 0.25) is 0 Å². The second-order valence-electron chi connectivity index (χ2n) is 6.73. The highest BCUT2D eigenvalue weighted by Crippen LogP contribution is 2.51. The number of nitrogens with zero attached hydrogens (tertiary/aromatic N) is 1. The zero-order chi connectivity index (χ0) is 15.7. The van der Waals surface area contributed by atoms with Gasteiger partial charge >= 0.3 is 0 Å². The number of rotatable bonds is 3. The molecule has 1 fully saturated rings. The minimum atomic E-state index is 0.0445. The minimum Gasteiger partial charge on any atom is -0.405 e. The van der Waals surface area contributed by atoms with E-state index >= 15 is 0 Å². The summed E-state index contributed by atoms with van der Waals surface area (Å²) in [5.41, 5.74) is 11.1. The highest BCUT2D eigenvalue weighted by Gasteiger charge is 2.43. The van der Waals surface area contributed by atoms with Gasteiger partial charge in [-0.3, -0.25) is 0 Å². The molecule has 3 nitrogen and oxygen atoms in total. The first-order valence-corrected chi connectivity index (χ1v) is 8.50. The summed E-state index contributed by atoms with van der Waals surface area (Å²) in [7, 11) is 0. The number of allylic oxidation sites excluding steroid dienone is 1. The molecule has 2 atom stereocenters. The molecule has 3 heteroatoms. The lowest BCUT2D eigenvalue weighted by Gasteiger charge is -2.45. The van der Waals surface area contributed by atoms with Crippen molar-refractivity contribution in [1.82, 2.24) is 9.97 Å². The van der Waals surface area contributed by atoms with E-state index in [2.05, 4.69) is 37.0 Å². The Labute approximate surface area is 133 Å². The summed E-state index contributed by atoms with van der Waals surface area (Å²) in [5, 5.41) is 0. The normalized spacial score (nSPS) is 27.6. The van der Waals surface area contributed by atoms with E-state index in [4.69, 9.17) is 10.7 Å². The van der Waals surface area contributed by atoms with Gasteiger partial charge < -0.3 is 10.7 Å². The number of fused-ring (bicyclic) bond motifs is 1.